The third-order valence-corrected chi connectivity index (χ3v) is 5.49. The second-order valence-electron chi connectivity index (χ2n) is 7.48. The summed E-state index contributed by atoms with van der Waals surface area (Å²) in [5.74, 6) is 1.12. The number of aromatic nitrogens is 3. The van der Waals surface area contributed by atoms with Crippen molar-refractivity contribution in [3.63, 3.8) is 0 Å². The molecular formula is C25H20N4O3. The number of nitrogens with zero attached hydrogens (tertiary/aromatic N) is 2. The summed E-state index contributed by atoms with van der Waals surface area (Å²) in [6, 6.07) is 17.9. The van der Waals surface area contributed by atoms with E-state index in [-0.39, 0.29) is 11.7 Å². The number of nitrogens with one attached hydrogen (secondary N) is 2. The van der Waals surface area contributed by atoms with Gasteiger partial charge in [0.25, 0.3) is 5.91 Å². The molecule has 4 aromatic rings. The van der Waals surface area contributed by atoms with Gasteiger partial charge in [-0.1, -0.05) is 24.3 Å². The molecule has 0 bridgehead atoms. The highest BCUT2D eigenvalue weighted by atomic mass is 16.5. The number of hydrogen-bond acceptors (Lipinski definition) is 5. The summed E-state index contributed by atoms with van der Waals surface area (Å²) in [4.78, 5) is 37.1. The van der Waals surface area contributed by atoms with Gasteiger partial charge < -0.3 is 15.0 Å². The molecular weight excluding hydrogens is 404 g/mol. The fourth-order valence-corrected chi connectivity index (χ4v) is 3.76. The van der Waals surface area contributed by atoms with Crippen LogP contribution >= 0.6 is 0 Å². The molecule has 3 heterocycles. The Balaban J connectivity index is 1.40. The molecule has 1 amide bonds. The summed E-state index contributed by atoms with van der Waals surface area (Å²) in [7, 11) is 1.59. The number of amides is 1. The number of ketones is 1. The van der Waals surface area contributed by atoms with E-state index in [1.54, 1.807) is 55.8 Å². The second-order valence-corrected chi connectivity index (χ2v) is 7.48. The minimum Gasteiger partial charge on any atom is -0.497 e. The molecule has 7 heteroatoms. The van der Waals surface area contributed by atoms with Crippen LogP contribution in [0.15, 0.2) is 66.9 Å². The Morgan fingerprint density at radius 3 is 2.41 bits per heavy atom. The summed E-state index contributed by atoms with van der Waals surface area (Å²) in [6.45, 7) is 0.627. The average Bonchev–Trinajstić information content (AvgIpc) is 3.30. The molecule has 2 aromatic carbocycles. The van der Waals surface area contributed by atoms with E-state index >= 15 is 0 Å². The van der Waals surface area contributed by atoms with E-state index in [0.717, 1.165) is 23.4 Å². The van der Waals surface area contributed by atoms with Crippen LogP contribution in [-0.4, -0.2) is 40.3 Å². The maximum Gasteiger partial charge on any atom is 0.253 e. The minimum atomic E-state index is -0.0693. The predicted octanol–water partition coefficient (Wildman–Crippen LogP) is 3.66. The van der Waals surface area contributed by atoms with E-state index in [9.17, 15) is 9.59 Å². The summed E-state index contributed by atoms with van der Waals surface area (Å²) in [6.07, 6.45) is 2.46. The molecule has 7 nitrogen and oxygen atoms in total. The van der Waals surface area contributed by atoms with Gasteiger partial charge in [-0.2, -0.15) is 0 Å². The van der Waals surface area contributed by atoms with Gasteiger partial charge in [0.1, 0.15) is 5.75 Å². The number of benzene rings is 2. The number of hydrogen-bond donors (Lipinski definition) is 2. The highest BCUT2D eigenvalue weighted by Gasteiger charge is 2.20. The maximum atomic E-state index is 12.7. The molecule has 0 aliphatic carbocycles. The van der Waals surface area contributed by atoms with Gasteiger partial charge in [-0.15, -0.1) is 0 Å². The fraction of sp³-hybridized carbons (Fsp3) is 0.120. The van der Waals surface area contributed by atoms with Crippen molar-refractivity contribution in [2.24, 2.45) is 0 Å². The van der Waals surface area contributed by atoms with E-state index in [1.165, 1.54) is 0 Å². The molecule has 2 aromatic heterocycles. The summed E-state index contributed by atoms with van der Waals surface area (Å²) in [5.41, 5.74) is 5.04. The van der Waals surface area contributed by atoms with Crippen LogP contribution in [0.25, 0.3) is 22.8 Å². The summed E-state index contributed by atoms with van der Waals surface area (Å²) in [5, 5.41) is 2.85. The molecule has 158 valence electrons. The highest BCUT2D eigenvalue weighted by Crippen LogP contribution is 2.25. The first-order valence-corrected chi connectivity index (χ1v) is 10.2. The lowest BCUT2D eigenvalue weighted by Crippen LogP contribution is -2.31. The van der Waals surface area contributed by atoms with E-state index < -0.39 is 0 Å². The van der Waals surface area contributed by atoms with Gasteiger partial charge in [0.2, 0.25) is 0 Å². The predicted molar refractivity (Wildman–Crippen MR) is 120 cm³/mol. The number of carbonyl (C=O) groups excluding carboxylic acids is 2. The molecule has 0 saturated carbocycles. The maximum absolute atomic E-state index is 12.7. The molecule has 0 spiro atoms. The van der Waals surface area contributed by atoms with Crippen molar-refractivity contribution in [1.82, 2.24) is 20.3 Å². The van der Waals surface area contributed by atoms with Crippen molar-refractivity contribution in [3.05, 3.63) is 89.2 Å². The number of fused-ring (bicyclic) bond motifs is 1. The van der Waals surface area contributed by atoms with Gasteiger partial charge >= 0.3 is 0 Å². The molecule has 5 rings (SSSR count). The molecule has 1 aliphatic heterocycles. The second kappa shape index (κ2) is 8.11. The smallest absolute Gasteiger partial charge is 0.253 e. The van der Waals surface area contributed by atoms with Crippen LogP contribution in [0.1, 0.15) is 32.0 Å². The molecule has 0 saturated heterocycles. The van der Waals surface area contributed by atoms with Crippen LogP contribution < -0.4 is 10.1 Å². The van der Waals surface area contributed by atoms with Crippen LogP contribution in [0.3, 0.4) is 0 Å². The van der Waals surface area contributed by atoms with Gasteiger partial charge in [-0.25, -0.2) is 9.97 Å². The zero-order chi connectivity index (χ0) is 22.1. The lowest BCUT2D eigenvalue weighted by molar-refractivity contribution is 0.0945. The summed E-state index contributed by atoms with van der Waals surface area (Å²) < 4.78 is 5.14. The van der Waals surface area contributed by atoms with Crippen molar-refractivity contribution in [3.8, 4) is 28.5 Å². The van der Waals surface area contributed by atoms with Crippen LogP contribution in [-0.2, 0) is 6.42 Å². The van der Waals surface area contributed by atoms with Crippen molar-refractivity contribution < 1.29 is 14.3 Å². The monoisotopic (exact) mass is 424 g/mol. The van der Waals surface area contributed by atoms with Crippen molar-refractivity contribution in [2.45, 2.75) is 6.42 Å². The molecule has 0 fully saturated rings. The van der Waals surface area contributed by atoms with E-state index in [4.69, 9.17) is 4.74 Å². The van der Waals surface area contributed by atoms with Gasteiger partial charge in [0.05, 0.1) is 24.1 Å². The minimum absolute atomic E-state index is 0.0656. The van der Waals surface area contributed by atoms with Gasteiger partial charge in [-0.3, -0.25) is 9.59 Å². The number of rotatable bonds is 5. The summed E-state index contributed by atoms with van der Waals surface area (Å²) >= 11 is 0. The quantitative estimate of drug-likeness (QED) is 0.477. The van der Waals surface area contributed by atoms with E-state index in [0.29, 0.717) is 40.5 Å². The van der Waals surface area contributed by atoms with Gasteiger partial charge in [-0.05, 0) is 36.4 Å². The molecule has 2 N–H and O–H groups in total. The largest absolute Gasteiger partial charge is 0.497 e. The first-order chi connectivity index (χ1) is 15.6. The number of methoxy groups -OCH3 is 1. The van der Waals surface area contributed by atoms with Gasteiger partial charge in [0, 0.05) is 41.5 Å². The van der Waals surface area contributed by atoms with Crippen molar-refractivity contribution >= 4 is 11.7 Å². The Hall–Kier alpha value is -4.26. The van der Waals surface area contributed by atoms with E-state index in [2.05, 4.69) is 20.3 Å². The highest BCUT2D eigenvalue weighted by molar-refractivity contribution is 6.09. The SMILES string of the molecule is COc1ccc(C(=O)c2ccc(-c3nccc(-c4cc5c([nH]4)CCNC5=O)n3)cc2)cc1. The topological polar surface area (TPSA) is 97.0 Å². The normalized spacial score (nSPS) is 12.7. The Morgan fingerprint density at radius 2 is 1.72 bits per heavy atom. The molecule has 0 unspecified atom stereocenters. The lowest BCUT2D eigenvalue weighted by Gasteiger charge is -2.10. The molecule has 32 heavy (non-hydrogen) atoms. The zero-order valence-electron chi connectivity index (χ0n) is 17.4. The van der Waals surface area contributed by atoms with Crippen LogP contribution in [0.5, 0.6) is 5.75 Å². The lowest BCUT2D eigenvalue weighted by atomic mass is 10.0. The zero-order valence-corrected chi connectivity index (χ0v) is 17.4. The first kappa shape index (κ1) is 19.7. The van der Waals surface area contributed by atoms with Crippen LogP contribution in [0.4, 0.5) is 0 Å². The van der Waals surface area contributed by atoms with Crippen molar-refractivity contribution in [1.29, 1.82) is 0 Å². The Morgan fingerprint density at radius 1 is 1.00 bits per heavy atom. The Labute approximate surface area is 184 Å². The van der Waals surface area contributed by atoms with Gasteiger partial charge in [0.15, 0.2) is 11.6 Å². The average molecular weight is 424 g/mol. The standard InChI is InChI=1S/C25H20N4O3/c1-32-18-8-6-16(7-9-18)23(30)15-2-4-17(5-3-15)24-26-12-11-21(29-24)22-14-19-20(28-22)10-13-27-25(19)31/h2-9,11-12,14,28H,10,13H2,1H3,(H,27,31). The number of aromatic amines is 1. The number of ether oxygens (including phenoxy) is 1. The van der Waals surface area contributed by atoms with Crippen LogP contribution in [0, 0.1) is 0 Å². The molecule has 1 aliphatic rings. The number of H-pyrrole nitrogens is 1. The third kappa shape index (κ3) is 3.65. The van der Waals surface area contributed by atoms with Crippen LogP contribution in [0.2, 0.25) is 0 Å². The molecule has 0 radical (unpaired) electrons. The number of carbonyl (C=O) groups is 2. The Bertz CT molecular complexity index is 1310. The fourth-order valence-electron chi connectivity index (χ4n) is 3.76. The third-order valence-electron chi connectivity index (χ3n) is 5.49. The first-order valence-electron chi connectivity index (χ1n) is 10.2. The Kier molecular flexibility index (Phi) is 4.99. The van der Waals surface area contributed by atoms with E-state index in [1.807, 2.05) is 18.2 Å². The molecule has 0 atom stereocenters. The van der Waals surface area contributed by atoms with Crippen molar-refractivity contribution in [2.75, 3.05) is 13.7 Å².